The summed E-state index contributed by atoms with van der Waals surface area (Å²) in [5, 5.41) is 31.0. The Morgan fingerprint density at radius 3 is 2.15 bits per heavy atom. The number of methoxy groups -OCH3 is 2. The first-order valence-electron chi connectivity index (χ1n) is 21.3. The largest absolute Gasteiger partial charge is 0.464 e. The third-order valence-corrected chi connectivity index (χ3v) is 11.2. The number of hydrogen-bond donors (Lipinski definition) is 1. The molecule has 1 N–H and O–H groups in total. The molecule has 2 aromatic rings. The summed E-state index contributed by atoms with van der Waals surface area (Å²) < 4.78 is 72.0. The Bertz CT molecular complexity index is 1990. The molecule has 0 radical (unpaired) electrons. The summed E-state index contributed by atoms with van der Waals surface area (Å²) in [6, 6.07) is 11.1. The van der Waals surface area contributed by atoms with Gasteiger partial charge in [-0.1, -0.05) is 11.6 Å². The Hall–Kier alpha value is -3.97. The average molecular weight is 939 g/mol. The molecular formula is C43H59ClN4O17. The lowest BCUT2D eigenvalue weighted by molar-refractivity contribution is -0.384. The highest BCUT2D eigenvalue weighted by Gasteiger charge is 2.59. The van der Waals surface area contributed by atoms with Gasteiger partial charge in [0.2, 0.25) is 0 Å². The van der Waals surface area contributed by atoms with Gasteiger partial charge in [0.1, 0.15) is 67.7 Å². The van der Waals surface area contributed by atoms with Crippen molar-refractivity contribution in [2.24, 2.45) is 10.2 Å². The number of non-ortho nitro benzene ring substituents is 1. The van der Waals surface area contributed by atoms with Gasteiger partial charge in [0.15, 0.2) is 29.9 Å². The molecule has 2 aromatic carbocycles. The number of aliphatic hydroxyl groups is 1. The summed E-state index contributed by atoms with van der Waals surface area (Å²) in [7, 11) is 2.95. The minimum absolute atomic E-state index is 0.0576. The van der Waals surface area contributed by atoms with Crippen LogP contribution in [0.4, 0.5) is 22.7 Å². The van der Waals surface area contributed by atoms with E-state index in [-0.39, 0.29) is 49.1 Å². The molecular weight excluding hydrogens is 880 g/mol. The van der Waals surface area contributed by atoms with Crippen LogP contribution in [0.5, 0.6) is 0 Å². The molecule has 360 valence electrons. The van der Waals surface area contributed by atoms with Crippen LogP contribution in [0.3, 0.4) is 0 Å². The fourth-order valence-corrected chi connectivity index (χ4v) is 8.16. The molecule has 65 heavy (non-hydrogen) atoms. The Kier molecular flexibility index (Phi) is 16.6. The maximum absolute atomic E-state index is 13.0. The number of benzene rings is 2. The van der Waals surface area contributed by atoms with Crippen molar-refractivity contribution < 1.29 is 76.5 Å². The number of nitro benzene ring substituents is 1. The second-order valence-electron chi connectivity index (χ2n) is 17.1. The molecule has 0 bridgehead atoms. The van der Waals surface area contributed by atoms with E-state index in [1.807, 2.05) is 24.0 Å². The van der Waals surface area contributed by atoms with Gasteiger partial charge in [-0.05, 0) is 78.8 Å². The summed E-state index contributed by atoms with van der Waals surface area (Å²) in [6.07, 6.45) is -10.2. The van der Waals surface area contributed by atoms with Crippen molar-refractivity contribution in [2.45, 2.75) is 140 Å². The normalized spacial score (nSPS) is 28.3. The number of aliphatic hydroxyl groups excluding tert-OH is 1. The van der Waals surface area contributed by atoms with E-state index in [2.05, 4.69) is 10.2 Å². The van der Waals surface area contributed by atoms with E-state index in [1.54, 1.807) is 53.7 Å². The van der Waals surface area contributed by atoms with Gasteiger partial charge in [0.05, 0.1) is 41.6 Å². The van der Waals surface area contributed by atoms with E-state index in [9.17, 15) is 24.8 Å². The minimum atomic E-state index is -1.37. The SMILES string of the molecule is CCN(CCOC(=O)CCC(=O)OC[C@H]1O[C@@H](OC([C@H]2COC(C)(C)O2)[C@@H]2OC(C)(C)O[C@@H]2C(OC)OC)[C@H](O)[C@H]2OC(C)(C)O[C@H]21)c1ccc(N=Nc2ccc([N+](=O)[O-])cc2Cl)cc1. The molecule has 4 saturated heterocycles. The van der Waals surface area contributed by atoms with E-state index < -0.39 is 95.6 Å². The fraction of sp³-hybridized carbons (Fsp3) is 0.674. The van der Waals surface area contributed by atoms with Crippen LogP contribution >= 0.6 is 11.6 Å². The number of nitro groups is 1. The molecule has 4 aliphatic rings. The van der Waals surface area contributed by atoms with Crippen molar-refractivity contribution in [2.75, 3.05) is 52.0 Å². The number of ether oxygens (including phenoxy) is 12. The first-order valence-corrected chi connectivity index (χ1v) is 21.7. The van der Waals surface area contributed by atoms with E-state index in [0.717, 1.165) is 5.69 Å². The lowest BCUT2D eigenvalue weighted by Gasteiger charge is -2.42. The van der Waals surface area contributed by atoms with Crippen LogP contribution in [0.15, 0.2) is 52.7 Å². The van der Waals surface area contributed by atoms with Gasteiger partial charge in [-0.15, -0.1) is 5.11 Å². The summed E-state index contributed by atoms with van der Waals surface area (Å²) in [5.41, 5.74) is 1.51. The highest BCUT2D eigenvalue weighted by molar-refractivity contribution is 6.33. The molecule has 1 unspecified atom stereocenters. The number of rotatable bonds is 20. The summed E-state index contributed by atoms with van der Waals surface area (Å²) >= 11 is 6.11. The van der Waals surface area contributed by atoms with Crippen molar-refractivity contribution >= 4 is 46.3 Å². The van der Waals surface area contributed by atoms with E-state index >= 15 is 0 Å². The molecule has 0 amide bonds. The van der Waals surface area contributed by atoms with Crippen molar-refractivity contribution in [1.82, 2.24) is 0 Å². The number of halogens is 1. The third-order valence-electron chi connectivity index (χ3n) is 10.9. The molecule has 21 nitrogen and oxygen atoms in total. The first-order chi connectivity index (χ1) is 30.7. The summed E-state index contributed by atoms with van der Waals surface area (Å²) in [6.45, 7) is 13.2. The van der Waals surface area contributed by atoms with Crippen molar-refractivity contribution in [3.63, 3.8) is 0 Å². The fourth-order valence-electron chi connectivity index (χ4n) is 7.95. The second-order valence-corrected chi connectivity index (χ2v) is 17.5. The smallest absolute Gasteiger partial charge is 0.306 e. The van der Waals surface area contributed by atoms with Crippen LogP contribution in [0.2, 0.25) is 5.02 Å². The Morgan fingerprint density at radius 1 is 0.892 bits per heavy atom. The molecule has 4 heterocycles. The Balaban J connectivity index is 1.01. The van der Waals surface area contributed by atoms with Crippen LogP contribution in [0.1, 0.15) is 61.3 Å². The van der Waals surface area contributed by atoms with E-state index in [0.29, 0.717) is 18.8 Å². The standard InChI is InChI=1S/C43H59ClN4O17/c1-10-47(25-13-11-24(12-14-25)45-46-28-16-15-26(48(52)53)21-27(28)44)19-20-56-31(49)17-18-32(50)57-22-29-35-36(63-42(4,5)62-35)33(51)39(59-29)60-34(30-23-58-41(2,3)61-30)37-38(40(54-8)55-9)65-43(6,7)64-37/h11-16,21,29-30,33-40,51H,10,17-20,22-23H2,1-9H3/t29-,30-,33-,34?,35+,36-,37+,38+,39+/m1/s1. The molecule has 6 rings (SSSR count). The van der Waals surface area contributed by atoms with Crippen LogP contribution in [-0.2, 0) is 66.4 Å². The number of carbonyl (C=O) groups is 2. The topological polar surface area (TPSA) is 236 Å². The van der Waals surface area contributed by atoms with Gasteiger partial charge in [-0.25, -0.2) is 0 Å². The molecule has 0 spiro atoms. The van der Waals surface area contributed by atoms with E-state index in [4.69, 9.17) is 68.4 Å². The number of esters is 2. The highest BCUT2D eigenvalue weighted by Crippen LogP contribution is 2.42. The quantitative estimate of drug-likeness (QED) is 0.0556. The maximum atomic E-state index is 13.0. The van der Waals surface area contributed by atoms with Gasteiger partial charge in [0.25, 0.3) is 5.69 Å². The number of carbonyl (C=O) groups excluding carboxylic acids is 2. The van der Waals surface area contributed by atoms with Crippen LogP contribution in [0.25, 0.3) is 0 Å². The van der Waals surface area contributed by atoms with Crippen LogP contribution in [-0.4, -0.2) is 148 Å². The van der Waals surface area contributed by atoms with Gasteiger partial charge in [0, 0.05) is 38.6 Å². The zero-order valence-electron chi connectivity index (χ0n) is 37.9. The molecule has 9 atom stereocenters. The molecule has 4 fully saturated rings. The number of likely N-dealkylation sites (N-methyl/N-ethyl adjacent to an activating group) is 1. The van der Waals surface area contributed by atoms with Crippen LogP contribution < -0.4 is 4.90 Å². The third kappa shape index (κ3) is 12.9. The van der Waals surface area contributed by atoms with Crippen molar-refractivity contribution in [1.29, 1.82) is 0 Å². The van der Waals surface area contributed by atoms with Crippen molar-refractivity contribution in [3.05, 3.63) is 57.6 Å². The number of hydrogen-bond acceptors (Lipinski definition) is 20. The number of fused-ring (bicyclic) bond motifs is 1. The second kappa shape index (κ2) is 21.3. The lowest BCUT2D eigenvalue weighted by atomic mass is 9.98. The molecule has 0 aromatic heterocycles. The molecule has 22 heteroatoms. The molecule has 0 aliphatic carbocycles. The summed E-state index contributed by atoms with van der Waals surface area (Å²) in [5.74, 6) is -4.43. The van der Waals surface area contributed by atoms with E-state index in [1.165, 1.54) is 32.4 Å². The van der Waals surface area contributed by atoms with Gasteiger partial charge < -0.3 is 66.8 Å². The highest BCUT2D eigenvalue weighted by atomic mass is 35.5. The monoisotopic (exact) mass is 938 g/mol. The first kappa shape index (κ1) is 50.4. The molecule has 4 aliphatic heterocycles. The summed E-state index contributed by atoms with van der Waals surface area (Å²) in [4.78, 5) is 38.1. The van der Waals surface area contributed by atoms with Gasteiger partial charge in [-0.2, -0.15) is 5.11 Å². The predicted octanol–water partition coefficient (Wildman–Crippen LogP) is 5.64. The zero-order chi connectivity index (χ0) is 47.3. The van der Waals surface area contributed by atoms with Crippen molar-refractivity contribution in [3.8, 4) is 0 Å². The Morgan fingerprint density at radius 2 is 1.54 bits per heavy atom. The number of azo groups is 1. The minimum Gasteiger partial charge on any atom is -0.464 e. The lowest BCUT2D eigenvalue weighted by Crippen LogP contribution is -2.61. The number of anilines is 1. The average Bonchev–Trinajstić information content (AvgIpc) is 3.91. The van der Waals surface area contributed by atoms with Gasteiger partial charge >= 0.3 is 11.9 Å². The van der Waals surface area contributed by atoms with Gasteiger partial charge in [-0.3, -0.25) is 19.7 Å². The Labute approximate surface area is 381 Å². The zero-order valence-corrected chi connectivity index (χ0v) is 38.7. The number of nitrogens with zero attached hydrogens (tertiary/aromatic N) is 4. The molecule has 0 saturated carbocycles. The predicted molar refractivity (Wildman–Crippen MR) is 228 cm³/mol. The van der Waals surface area contributed by atoms with Crippen LogP contribution in [0, 0.1) is 10.1 Å². The maximum Gasteiger partial charge on any atom is 0.306 e.